The fourth-order valence-electron chi connectivity index (χ4n) is 0.285. The zero-order chi connectivity index (χ0) is 5.54. The van der Waals surface area contributed by atoms with Crippen LogP contribution in [-0.2, 0) is 9.59 Å². The second-order valence-electron chi connectivity index (χ2n) is 1.26. The monoisotopic (exact) mass is 310 g/mol. The van der Waals surface area contributed by atoms with Crippen molar-refractivity contribution in [3.05, 3.63) is 0 Å². The molecule has 2 radical (unpaired) electrons. The molecule has 0 saturated heterocycles. The topological polar surface area (TPSA) is 34.1 Å². The minimum atomic E-state index is 0. The molecule has 0 rings (SSSR count). The Labute approximate surface area is 68.8 Å². The van der Waals surface area contributed by atoms with E-state index in [1.165, 1.54) is 0 Å². The number of carbonyl (C=O) groups is 2. The zero-order valence-electron chi connectivity index (χ0n) is 4.80. The first-order chi connectivity index (χ1) is 3.41. The van der Waals surface area contributed by atoms with Crippen molar-refractivity contribution in [2.24, 2.45) is 0 Å². The molecular formula is C5H10O2Pb. The Hall–Kier alpha value is 0.262. The molecule has 0 unspecified atom stereocenters. The summed E-state index contributed by atoms with van der Waals surface area (Å²) in [5.74, 6) is 0. The van der Waals surface area contributed by atoms with Gasteiger partial charge in [0.05, 0.1) is 0 Å². The van der Waals surface area contributed by atoms with Crippen molar-refractivity contribution in [3.63, 3.8) is 0 Å². The molecular weight excluding hydrogens is 299 g/mol. The normalized spacial score (nSPS) is 7.00. The SMILES string of the molecule is O=CCCCC=O.[PbH2]. The molecule has 0 fully saturated rings. The predicted molar refractivity (Wildman–Crippen MR) is 34.5 cm³/mol. The van der Waals surface area contributed by atoms with Crippen molar-refractivity contribution in [1.82, 2.24) is 0 Å². The van der Waals surface area contributed by atoms with Crippen LogP contribution >= 0.6 is 0 Å². The van der Waals surface area contributed by atoms with Gasteiger partial charge in [-0.05, 0) is 6.42 Å². The van der Waals surface area contributed by atoms with Crippen molar-refractivity contribution in [2.45, 2.75) is 19.3 Å². The summed E-state index contributed by atoms with van der Waals surface area (Å²) in [6, 6.07) is 0. The number of hydrogen-bond donors (Lipinski definition) is 0. The molecule has 0 aliphatic rings. The minimum absolute atomic E-state index is 0. The van der Waals surface area contributed by atoms with Gasteiger partial charge in [-0.3, -0.25) is 0 Å². The van der Waals surface area contributed by atoms with Gasteiger partial charge in [-0.25, -0.2) is 0 Å². The van der Waals surface area contributed by atoms with Gasteiger partial charge in [0, 0.05) is 12.8 Å². The molecule has 0 aromatic carbocycles. The third-order valence-electron chi connectivity index (χ3n) is 0.644. The third-order valence-corrected chi connectivity index (χ3v) is 0.644. The summed E-state index contributed by atoms with van der Waals surface area (Å²) in [5.41, 5.74) is 0. The predicted octanol–water partition coefficient (Wildman–Crippen LogP) is -0.362. The van der Waals surface area contributed by atoms with Crippen LogP contribution in [0, 0.1) is 0 Å². The molecule has 0 heterocycles. The summed E-state index contributed by atoms with van der Waals surface area (Å²) in [6.45, 7) is 0. The average Bonchev–Trinajstić information content (AvgIpc) is 1.69. The van der Waals surface area contributed by atoms with Crippen molar-refractivity contribution >= 4 is 39.9 Å². The average molecular weight is 309 g/mol. The van der Waals surface area contributed by atoms with Crippen LogP contribution in [0.1, 0.15) is 19.3 Å². The fraction of sp³-hybridized carbons (Fsp3) is 0.600. The molecule has 2 nitrogen and oxygen atoms in total. The Morgan fingerprint density at radius 2 is 1.38 bits per heavy atom. The van der Waals surface area contributed by atoms with Gasteiger partial charge in [0.1, 0.15) is 12.6 Å². The van der Waals surface area contributed by atoms with Crippen molar-refractivity contribution in [3.8, 4) is 0 Å². The van der Waals surface area contributed by atoms with E-state index in [4.69, 9.17) is 0 Å². The first kappa shape index (κ1) is 11.1. The van der Waals surface area contributed by atoms with Crippen LogP contribution in [0.4, 0.5) is 0 Å². The van der Waals surface area contributed by atoms with E-state index in [2.05, 4.69) is 0 Å². The molecule has 0 saturated carbocycles. The van der Waals surface area contributed by atoms with E-state index in [9.17, 15) is 9.59 Å². The van der Waals surface area contributed by atoms with Gasteiger partial charge in [0.25, 0.3) is 0 Å². The molecule has 0 aliphatic carbocycles. The molecule has 3 heteroatoms. The molecule has 0 atom stereocenters. The van der Waals surface area contributed by atoms with Crippen LogP contribution in [0.3, 0.4) is 0 Å². The maximum atomic E-state index is 9.56. The van der Waals surface area contributed by atoms with Gasteiger partial charge in [-0.15, -0.1) is 0 Å². The molecule has 0 N–H and O–H groups in total. The van der Waals surface area contributed by atoms with Crippen molar-refractivity contribution < 1.29 is 9.59 Å². The Balaban J connectivity index is 0. The third kappa shape index (κ3) is 9.55. The summed E-state index contributed by atoms with van der Waals surface area (Å²) >= 11 is 0. The fourth-order valence-corrected chi connectivity index (χ4v) is 0.285. The van der Waals surface area contributed by atoms with Gasteiger partial charge in [0.2, 0.25) is 0 Å². The van der Waals surface area contributed by atoms with Gasteiger partial charge in [-0.1, -0.05) is 0 Å². The van der Waals surface area contributed by atoms with E-state index in [1.54, 1.807) is 0 Å². The molecule has 0 bridgehead atoms. The van der Waals surface area contributed by atoms with Gasteiger partial charge < -0.3 is 9.59 Å². The van der Waals surface area contributed by atoms with E-state index in [0.717, 1.165) is 12.6 Å². The van der Waals surface area contributed by atoms with Crippen molar-refractivity contribution in [1.29, 1.82) is 0 Å². The maximum absolute atomic E-state index is 9.56. The second kappa shape index (κ2) is 10.3. The van der Waals surface area contributed by atoms with Gasteiger partial charge >= 0.3 is 27.3 Å². The Morgan fingerprint density at radius 3 is 1.62 bits per heavy atom. The van der Waals surface area contributed by atoms with Crippen LogP contribution in [-0.4, -0.2) is 39.9 Å². The van der Waals surface area contributed by atoms with Crippen LogP contribution in [0.2, 0.25) is 0 Å². The van der Waals surface area contributed by atoms with Crippen LogP contribution in [0.15, 0.2) is 0 Å². The zero-order valence-corrected chi connectivity index (χ0v) is 10.3. The summed E-state index contributed by atoms with van der Waals surface area (Å²) in [6.07, 6.45) is 3.37. The quantitative estimate of drug-likeness (QED) is 0.404. The van der Waals surface area contributed by atoms with Crippen LogP contribution in [0.25, 0.3) is 0 Å². The van der Waals surface area contributed by atoms with E-state index in [-0.39, 0.29) is 27.3 Å². The molecule has 0 aromatic heterocycles. The first-order valence-corrected chi connectivity index (χ1v) is 2.29. The van der Waals surface area contributed by atoms with Gasteiger partial charge in [-0.2, -0.15) is 0 Å². The van der Waals surface area contributed by atoms with Crippen LogP contribution < -0.4 is 0 Å². The standard InChI is InChI=1S/C5H8O2.Pb.2H/c6-4-2-1-3-5-7;;;/h4-5H,1-3H2;;;. The summed E-state index contributed by atoms with van der Waals surface area (Å²) < 4.78 is 0. The molecule has 0 spiro atoms. The summed E-state index contributed by atoms with van der Waals surface area (Å²) in [7, 11) is 0. The van der Waals surface area contributed by atoms with E-state index in [0.29, 0.717) is 19.3 Å². The molecule has 0 amide bonds. The van der Waals surface area contributed by atoms with E-state index < -0.39 is 0 Å². The second-order valence-corrected chi connectivity index (χ2v) is 1.26. The Morgan fingerprint density at radius 1 is 1.00 bits per heavy atom. The molecule has 0 aromatic rings. The Kier molecular flexibility index (Phi) is 14.3. The van der Waals surface area contributed by atoms with Gasteiger partial charge in [0.15, 0.2) is 0 Å². The van der Waals surface area contributed by atoms with E-state index in [1.807, 2.05) is 0 Å². The molecule has 46 valence electrons. The van der Waals surface area contributed by atoms with Crippen LogP contribution in [0.5, 0.6) is 0 Å². The molecule has 0 aliphatic heterocycles. The molecule has 8 heavy (non-hydrogen) atoms. The summed E-state index contributed by atoms with van der Waals surface area (Å²) in [5, 5.41) is 0. The number of carbonyl (C=O) groups excluding carboxylic acids is 2. The number of rotatable bonds is 4. The van der Waals surface area contributed by atoms with Crippen molar-refractivity contribution in [2.75, 3.05) is 0 Å². The number of aldehydes is 2. The van der Waals surface area contributed by atoms with E-state index >= 15 is 0 Å². The summed E-state index contributed by atoms with van der Waals surface area (Å²) in [4.78, 5) is 19.1. The number of hydrogen-bond acceptors (Lipinski definition) is 2. The first-order valence-electron chi connectivity index (χ1n) is 2.29. The number of unbranched alkanes of at least 4 members (excludes halogenated alkanes) is 2. The Bertz CT molecular complexity index is 55.4.